The van der Waals surface area contributed by atoms with Gasteiger partial charge in [0.1, 0.15) is 12.9 Å². The van der Waals surface area contributed by atoms with Crippen LogP contribution in [-0.4, -0.2) is 23.1 Å². The topological polar surface area (TPSA) is 64.3 Å². The van der Waals surface area contributed by atoms with Crippen LogP contribution in [0, 0.1) is 0 Å². The molecule has 31 heavy (non-hydrogen) atoms. The van der Waals surface area contributed by atoms with E-state index in [0.717, 1.165) is 36.5 Å². The number of anilines is 2. The van der Waals surface area contributed by atoms with Gasteiger partial charge < -0.3 is 15.4 Å². The lowest BCUT2D eigenvalue weighted by Gasteiger charge is -2.29. The smallest absolute Gasteiger partial charge is 0.416 e. The molecule has 0 saturated carbocycles. The number of aromatic nitrogens is 2. The van der Waals surface area contributed by atoms with Crippen LogP contribution in [0.3, 0.4) is 0 Å². The first-order valence-electron chi connectivity index (χ1n) is 10.2. The van der Waals surface area contributed by atoms with Gasteiger partial charge in [-0.3, -0.25) is 0 Å². The summed E-state index contributed by atoms with van der Waals surface area (Å²) in [5, 5.41) is 0. The zero-order valence-electron chi connectivity index (χ0n) is 16.9. The standard InChI is InChI=1S/C23H23F3N4O/c24-23(25,26)17-6-4-5-16(11-17)14-31-22-13-21(28-15-29-22)19-12-18(7-8-20(19)27)30-9-2-1-3-10-30/h4-8,11-13,15H,1-3,9-10,14,27H2. The van der Waals surface area contributed by atoms with E-state index in [9.17, 15) is 13.2 Å². The van der Waals surface area contributed by atoms with Gasteiger partial charge in [0.2, 0.25) is 5.88 Å². The normalized spacial score (nSPS) is 14.5. The van der Waals surface area contributed by atoms with Crippen molar-refractivity contribution in [2.24, 2.45) is 0 Å². The Kier molecular flexibility index (Phi) is 5.97. The fraction of sp³-hybridized carbons (Fsp3) is 0.304. The van der Waals surface area contributed by atoms with Crippen molar-refractivity contribution < 1.29 is 17.9 Å². The molecular weight excluding hydrogens is 405 g/mol. The van der Waals surface area contributed by atoms with E-state index in [1.165, 1.54) is 31.7 Å². The summed E-state index contributed by atoms with van der Waals surface area (Å²) in [4.78, 5) is 10.7. The summed E-state index contributed by atoms with van der Waals surface area (Å²) in [6.45, 7) is 1.99. The molecular formula is C23H23F3N4O. The van der Waals surface area contributed by atoms with Crippen molar-refractivity contribution in [2.75, 3.05) is 23.7 Å². The monoisotopic (exact) mass is 428 g/mol. The molecule has 0 atom stereocenters. The van der Waals surface area contributed by atoms with E-state index in [1.54, 1.807) is 12.1 Å². The Morgan fingerprint density at radius 2 is 1.77 bits per heavy atom. The Balaban J connectivity index is 1.52. The van der Waals surface area contributed by atoms with Crippen molar-refractivity contribution >= 4 is 11.4 Å². The van der Waals surface area contributed by atoms with Crippen molar-refractivity contribution in [2.45, 2.75) is 32.0 Å². The Labute approximate surface area is 178 Å². The Bertz CT molecular complexity index is 1050. The van der Waals surface area contributed by atoms with E-state index in [-0.39, 0.29) is 12.5 Å². The number of hydrogen-bond donors (Lipinski definition) is 1. The van der Waals surface area contributed by atoms with Crippen molar-refractivity contribution in [1.82, 2.24) is 9.97 Å². The van der Waals surface area contributed by atoms with Gasteiger partial charge in [0.25, 0.3) is 0 Å². The van der Waals surface area contributed by atoms with Crippen LogP contribution in [0.15, 0.2) is 54.9 Å². The summed E-state index contributed by atoms with van der Waals surface area (Å²) in [7, 11) is 0. The number of hydrogen-bond acceptors (Lipinski definition) is 5. The molecule has 3 aromatic rings. The highest BCUT2D eigenvalue weighted by molar-refractivity contribution is 5.78. The number of rotatable bonds is 5. The number of nitrogens with zero attached hydrogens (tertiary/aromatic N) is 3. The highest BCUT2D eigenvalue weighted by Crippen LogP contribution is 2.32. The fourth-order valence-corrected chi connectivity index (χ4v) is 3.68. The van der Waals surface area contributed by atoms with Crippen LogP contribution in [0.2, 0.25) is 0 Å². The average Bonchev–Trinajstić information content (AvgIpc) is 2.78. The molecule has 1 saturated heterocycles. The molecule has 0 amide bonds. The van der Waals surface area contributed by atoms with Gasteiger partial charge in [-0.05, 0) is 55.2 Å². The number of ether oxygens (including phenoxy) is 1. The quantitative estimate of drug-likeness (QED) is 0.558. The highest BCUT2D eigenvalue weighted by Gasteiger charge is 2.30. The molecule has 162 valence electrons. The van der Waals surface area contributed by atoms with Gasteiger partial charge in [0.05, 0.1) is 11.3 Å². The van der Waals surface area contributed by atoms with Gasteiger partial charge in [-0.2, -0.15) is 13.2 Å². The number of piperidine rings is 1. The zero-order valence-corrected chi connectivity index (χ0v) is 16.9. The van der Waals surface area contributed by atoms with Crippen molar-refractivity contribution in [3.63, 3.8) is 0 Å². The molecule has 1 aliphatic rings. The molecule has 5 nitrogen and oxygen atoms in total. The van der Waals surface area contributed by atoms with Crippen LogP contribution in [0.1, 0.15) is 30.4 Å². The first kappa shape index (κ1) is 21.0. The Hall–Kier alpha value is -3.29. The summed E-state index contributed by atoms with van der Waals surface area (Å²) >= 11 is 0. The summed E-state index contributed by atoms with van der Waals surface area (Å²) in [6, 6.07) is 12.6. The van der Waals surface area contributed by atoms with Gasteiger partial charge in [0.15, 0.2) is 0 Å². The van der Waals surface area contributed by atoms with Gasteiger partial charge in [0, 0.05) is 36.1 Å². The average molecular weight is 428 g/mol. The number of halogens is 3. The third-order valence-electron chi connectivity index (χ3n) is 5.32. The Morgan fingerprint density at radius 1 is 0.968 bits per heavy atom. The van der Waals surface area contributed by atoms with Crippen LogP contribution in [0.25, 0.3) is 11.3 Å². The number of alkyl halides is 3. The molecule has 1 fully saturated rings. The molecule has 0 aliphatic carbocycles. The van der Waals surface area contributed by atoms with Crippen molar-refractivity contribution in [3.8, 4) is 17.1 Å². The second kappa shape index (κ2) is 8.83. The van der Waals surface area contributed by atoms with E-state index >= 15 is 0 Å². The largest absolute Gasteiger partial charge is 0.473 e. The molecule has 4 rings (SSSR count). The number of benzene rings is 2. The second-order valence-corrected chi connectivity index (χ2v) is 7.55. The minimum atomic E-state index is -4.39. The number of nitrogen functional groups attached to an aromatic ring is 1. The van der Waals surface area contributed by atoms with Crippen molar-refractivity contribution in [1.29, 1.82) is 0 Å². The molecule has 0 unspecified atom stereocenters. The van der Waals surface area contributed by atoms with Crippen LogP contribution in [-0.2, 0) is 12.8 Å². The maximum absolute atomic E-state index is 12.9. The molecule has 2 aromatic carbocycles. The summed E-state index contributed by atoms with van der Waals surface area (Å²) in [6.07, 6.45) is 0.553. The zero-order chi connectivity index (χ0) is 21.8. The van der Waals surface area contributed by atoms with Gasteiger partial charge in [-0.1, -0.05) is 12.1 Å². The lowest BCUT2D eigenvalue weighted by molar-refractivity contribution is -0.137. The molecule has 0 spiro atoms. The molecule has 1 aromatic heterocycles. The third-order valence-corrected chi connectivity index (χ3v) is 5.32. The van der Waals surface area contributed by atoms with Crippen LogP contribution in [0.5, 0.6) is 5.88 Å². The van der Waals surface area contributed by atoms with E-state index < -0.39 is 11.7 Å². The Morgan fingerprint density at radius 3 is 2.55 bits per heavy atom. The van der Waals surface area contributed by atoms with Gasteiger partial charge in [-0.25, -0.2) is 9.97 Å². The van der Waals surface area contributed by atoms with Gasteiger partial charge >= 0.3 is 6.18 Å². The van der Waals surface area contributed by atoms with E-state index in [0.29, 0.717) is 16.9 Å². The molecule has 0 bridgehead atoms. The van der Waals surface area contributed by atoms with Gasteiger partial charge in [-0.15, -0.1) is 0 Å². The highest BCUT2D eigenvalue weighted by atomic mass is 19.4. The summed E-state index contributed by atoms with van der Waals surface area (Å²) < 4.78 is 44.3. The minimum absolute atomic E-state index is 0.0380. The third kappa shape index (κ3) is 5.07. The minimum Gasteiger partial charge on any atom is -0.473 e. The molecule has 1 aliphatic heterocycles. The first-order valence-corrected chi connectivity index (χ1v) is 10.2. The molecule has 8 heteroatoms. The molecule has 2 N–H and O–H groups in total. The molecule has 0 radical (unpaired) electrons. The lowest BCUT2D eigenvalue weighted by Crippen LogP contribution is -2.29. The lowest BCUT2D eigenvalue weighted by atomic mass is 10.1. The molecule has 2 heterocycles. The summed E-state index contributed by atoms with van der Waals surface area (Å²) in [5.74, 6) is 0.269. The fourth-order valence-electron chi connectivity index (χ4n) is 3.68. The number of nitrogens with two attached hydrogens (primary N) is 1. The summed E-state index contributed by atoms with van der Waals surface area (Å²) in [5.41, 5.74) is 8.95. The van der Waals surface area contributed by atoms with Crippen molar-refractivity contribution in [3.05, 3.63) is 66.0 Å². The predicted molar refractivity (Wildman–Crippen MR) is 114 cm³/mol. The first-order chi connectivity index (χ1) is 14.9. The van der Waals surface area contributed by atoms with E-state index in [2.05, 4.69) is 14.9 Å². The maximum atomic E-state index is 12.9. The van der Waals surface area contributed by atoms with E-state index in [1.807, 2.05) is 18.2 Å². The SMILES string of the molecule is Nc1ccc(N2CCCCC2)cc1-c1cc(OCc2cccc(C(F)(F)F)c2)ncn1. The van der Waals surface area contributed by atoms with Crippen LogP contribution < -0.4 is 15.4 Å². The van der Waals surface area contributed by atoms with Crippen LogP contribution >= 0.6 is 0 Å². The predicted octanol–water partition coefficient (Wildman–Crippen LogP) is 5.31. The van der Waals surface area contributed by atoms with Crippen LogP contribution in [0.4, 0.5) is 24.5 Å². The maximum Gasteiger partial charge on any atom is 0.416 e. The van der Waals surface area contributed by atoms with E-state index in [4.69, 9.17) is 10.5 Å². The second-order valence-electron chi connectivity index (χ2n) is 7.55.